The molecule has 4 heteroatoms. The van der Waals surface area contributed by atoms with Gasteiger partial charge in [-0.25, -0.2) is 0 Å². The molecule has 0 aromatic heterocycles. The third kappa shape index (κ3) is 4.55. The summed E-state index contributed by atoms with van der Waals surface area (Å²) in [4.78, 5) is 0. The molecule has 1 N–H and O–H groups in total. The Balaban J connectivity index is 1.97. The fourth-order valence-electron chi connectivity index (χ4n) is 2.62. The largest absolute Gasteiger partial charge is 0.378 e. The van der Waals surface area contributed by atoms with E-state index in [2.05, 4.69) is 55.4 Å². The van der Waals surface area contributed by atoms with E-state index in [1.165, 1.54) is 29.3 Å². The fourth-order valence-corrected chi connectivity index (χ4v) is 3.53. The molecule has 1 aliphatic rings. The first kappa shape index (κ1) is 15.5. The van der Waals surface area contributed by atoms with Gasteiger partial charge in [0.05, 0.1) is 6.10 Å². The second-order valence-corrected chi connectivity index (χ2v) is 6.84. The Kier molecular flexibility index (Phi) is 6.33. The summed E-state index contributed by atoms with van der Waals surface area (Å²) >= 11 is 7.19. The Labute approximate surface area is 132 Å². The quantitative estimate of drug-likeness (QED) is 0.777. The van der Waals surface area contributed by atoms with E-state index in [9.17, 15) is 0 Å². The summed E-state index contributed by atoms with van der Waals surface area (Å²) in [6.45, 7) is 0.940. The number of hydrogen-bond donors (Lipinski definition) is 1. The lowest BCUT2D eigenvalue weighted by Gasteiger charge is -2.25. The molecule has 0 saturated carbocycles. The van der Waals surface area contributed by atoms with E-state index >= 15 is 0 Å². The van der Waals surface area contributed by atoms with Gasteiger partial charge in [0, 0.05) is 21.6 Å². The third-order valence-electron chi connectivity index (χ3n) is 3.73. The normalized spacial score (nSPS) is 21.3. The van der Waals surface area contributed by atoms with Crippen LogP contribution in [0.25, 0.3) is 0 Å². The number of rotatable bonds is 5. The van der Waals surface area contributed by atoms with Crippen LogP contribution >= 0.6 is 31.9 Å². The van der Waals surface area contributed by atoms with Gasteiger partial charge in [-0.3, -0.25) is 0 Å². The first-order valence-electron chi connectivity index (χ1n) is 6.94. The number of hydrogen-bond acceptors (Lipinski definition) is 2. The number of nitrogens with one attached hydrogen (secondary N) is 1. The van der Waals surface area contributed by atoms with Crippen LogP contribution in [0.2, 0.25) is 0 Å². The van der Waals surface area contributed by atoms with Crippen LogP contribution < -0.4 is 5.32 Å². The van der Waals surface area contributed by atoms with Crippen molar-refractivity contribution in [2.24, 2.45) is 0 Å². The van der Waals surface area contributed by atoms with Crippen LogP contribution in [0.15, 0.2) is 27.1 Å². The van der Waals surface area contributed by atoms with Gasteiger partial charge in [0.15, 0.2) is 0 Å². The molecule has 0 amide bonds. The maximum atomic E-state index is 5.81. The van der Waals surface area contributed by atoms with Crippen LogP contribution in [0.3, 0.4) is 0 Å². The highest BCUT2D eigenvalue weighted by Crippen LogP contribution is 2.30. The molecular weight excluding hydrogens is 370 g/mol. The van der Waals surface area contributed by atoms with E-state index in [0.29, 0.717) is 12.1 Å². The molecule has 0 spiro atoms. The summed E-state index contributed by atoms with van der Waals surface area (Å²) < 4.78 is 8.11. The van der Waals surface area contributed by atoms with E-state index in [0.717, 1.165) is 23.9 Å². The Morgan fingerprint density at radius 3 is 2.89 bits per heavy atom. The zero-order chi connectivity index (χ0) is 13.7. The Hall–Kier alpha value is 0.1000. The molecule has 1 aromatic rings. The fraction of sp³-hybridized carbons (Fsp3) is 0.600. The first-order chi connectivity index (χ1) is 9.20. The van der Waals surface area contributed by atoms with Crippen molar-refractivity contribution < 1.29 is 4.74 Å². The standard InChI is InChI=1S/C15H21Br2NO/c1-18-15(8-6-12-4-2-3-9-19-12)13-10-11(16)5-7-14(13)17/h5,7,10,12,15,18H,2-4,6,8-9H2,1H3. The van der Waals surface area contributed by atoms with Crippen molar-refractivity contribution in [2.45, 2.75) is 44.2 Å². The maximum absolute atomic E-state index is 5.81. The van der Waals surface area contributed by atoms with Gasteiger partial charge in [0.2, 0.25) is 0 Å². The molecule has 1 saturated heterocycles. The van der Waals surface area contributed by atoms with Gasteiger partial charge < -0.3 is 10.1 Å². The summed E-state index contributed by atoms with van der Waals surface area (Å²) in [5.74, 6) is 0. The van der Waals surface area contributed by atoms with Gasteiger partial charge in [-0.2, -0.15) is 0 Å². The minimum Gasteiger partial charge on any atom is -0.378 e. The van der Waals surface area contributed by atoms with Crippen molar-refractivity contribution in [3.8, 4) is 0 Å². The van der Waals surface area contributed by atoms with Crippen LogP contribution in [0.5, 0.6) is 0 Å². The van der Waals surface area contributed by atoms with Gasteiger partial charge in [-0.1, -0.05) is 31.9 Å². The van der Waals surface area contributed by atoms with Crippen LogP contribution in [0.4, 0.5) is 0 Å². The van der Waals surface area contributed by atoms with E-state index < -0.39 is 0 Å². The average Bonchev–Trinajstić information content (AvgIpc) is 2.44. The van der Waals surface area contributed by atoms with Crippen LogP contribution in [-0.4, -0.2) is 19.8 Å². The molecular formula is C15H21Br2NO. The lowest BCUT2D eigenvalue weighted by atomic mass is 9.97. The van der Waals surface area contributed by atoms with Gasteiger partial charge in [-0.05, 0) is 62.9 Å². The van der Waals surface area contributed by atoms with Gasteiger partial charge in [0.1, 0.15) is 0 Å². The van der Waals surface area contributed by atoms with Crippen molar-refractivity contribution in [2.75, 3.05) is 13.7 Å². The van der Waals surface area contributed by atoms with Crippen molar-refractivity contribution >= 4 is 31.9 Å². The summed E-state index contributed by atoms with van der Waals surface area (Å²) in [5, 5.41) is 3.42. The molecule has 0 radical (unpaired) electrons. The number of benzene rings is 1. The van der Waals surface area contributed by atoms with Crippen LogP contribution in [-0.2, 0) is 4.74 Å². The van der Waals surface area contributed by atoms with Gasteiger partial charge in [0.25, 0.3) is 0 Å². The third-order valence-corrected chi connectivity index (χ3v) is 4.95. The second kappa shape index (κ2) is 7.77. The topological polar surface area (TPSA) is 21.3 Å². The van der Waals surface area contributed by atoms with E-state index in [4.69, 9.17) is 4.74 Å². The molecule has 1 heterocycles. The first-order valence-corrected chi connectivity index (χ1v) is 8.53. The lowest BCUT2D eigenvalue weighted by Crippen LogP contribution is -2.23. The number of halogens is 2. The summed E-state index contributed by atoms with van der Waals surface area (Å²) in [7, 11) is 2.03. The molecule has 19 heavy (non-hydrogen) atoms. The predicted molar refractivity (Wildman–Crippen MR) is 86.5 cm³/mol. The van der Waals surface area contributed by atoms with Crippen molar-refractivity contribution in [3.63, 3.8) is 0 Å². The average molecular weight is 391 g/mol. The molecule has 2 rings (SSSR count). The Morgan fingerprint density at radius 1 is 1.37 bits per heavy atom. The minimum absolute atomic E-state index is 0.373. The molecule has 1 aromatic carbocycles. The lowest BCUT2D eigenvalue weighted by molar-refractivity contribution is 0.00865. The predicted octanol–water partition coefficient (Wildman–Crippen LogP) is 4.82. The zero-order valence-electron chi connectivity index (χ0n) is 11.3. The van der Waals surface area contributed by atoms with Crippen molar-refractivity contribution in [3.05, 3.63) is 32.7 Å². The molecule has 2 nitrogen and oxygen atoms in total. The summed E-state index contributed by atoms with van der Waals surface area (Å²) in [5.41, 5.74) is 1.31. The van der Waals surface area contributed by atoms with Crippen LogP contribution in [0.1, 0.15) is 43.7 Å². The van der Waals surface area contributed by atoms with E-state index in [-0.39, 0.29) is 0 Å². The smallest absolute Gasteiger partial charge is 0.0575 e. The van der Waals surface area contributed by atoms with Crippen molar-refractivity contribution in [1.29, 1.82) is 0 Å². The molecule has 0 aliphatic carbocycles. The number of ether oxygens (including phenoxy) is 1. The van der Waals surface area contributed by atoms with Crippen LogP contribution in [0, 0.1) is 0 Å². The Bertz CT molecular complexity index is 405. The Morgan fingerprint density at radius 2 is 2.21 bits per heavy atom. The monoisotopic (exact) mass is 389 g/mol. The zero-order valence-corrected chi connectivity index (χ0v) is 14.5. The molecule has 1 aliphatic heterocycles. The summed E-state index contributed by atoms with van der Waals surface area (Å²) in [6.07, 6.45) is 6.45. The van der Waals surface area contributed by atoms with E-state index in [1.807, 2.05) is 7.05 Å². The highest BCUT2D eigenvalue weighted by atomic mass is 79.9. The van der Waals surface area contributed by atoms with Crippen molar-refractivity contribution in [1.82, 2.24) is 5.32 Å². The minimum atomic E-state index is 0.373. The SMILES string of the molecule is CNC(CCC1CCCCO1)c1cc(Br)ccc1Br. The maximum Gasteiger partial charge on any atom is 0.0575 e. The highest BCUT2D eigenvalue weighted by Gasteiger charge is 2.18. The summed E-state index contributed by atoms with van der Waals surface area (Å²) in [6, 6.07) is 6.72. The van der Waals surface area contributed by atoms with E-state index in [1.54, 1.807) is 0 Å². The second-order valence-electron chi connectivity index (χ2n) is 5.07. The molecule has 0 bridgehead atoms. The molecule has 1 fully saturated rings. The highest BCUT2D eigenvalue weighted by molar-refractivity contribution is 9.11. The molecule has 2 atom stereocenters. The van der Waals surface area contributed by atoms with Gasteiger partial charge in [-0.15, -0.1) is 0 Å². The van der Waals surface area contributed by atoms with Gasteiger partial charge >= 0.3 is 0 Å². The molecule has 2 unspecified atom stereocenters. The molecule has 106 valence electrons.